The molecule has 4 atom stereocenters. The molecule has 0 spiro atoms. The van der Waals surface area contributed by atoms with E-state index in [-0.39, 0.29) is 11.8 Å². The quantitative estimate of drug-likeness (QED) is 0.821. The van der Waals surface area contributed by atoms with Gasteiger partial charge in [0.05, 0.1) is 19.1 Å². The first-order chi connectivity index (χ1) is 12.9. The summed E-state index contributed by atoms with van der Waals surface area (Å²) in [7, 11) is 1.31. The maximum absolute atomic E-state index is 13.3. The monoisotopic (exact) mass is 373 g/mol. The molecule has 1 aromatic carbocycles. The van der Waals surface area contributed by atoms with Crippen molar-refractivity contribution in [2.24, 2.45) is 17.8 Å². The number of aliphatic carboxylic acids is 1. The third-order valence-electron chi connectivity index (χ3n) is 6.07. The molecule has 27 heavy (non-hydrogen) atoms. The number of amides is 1. The van der Waals surface area contributed by atoms with E-state index in [0.717, 1.165) is 36.8 Å². The number of carbonyl (C=O) groups excluding carboxylic acids is 2. The number of carboxylic acid groups (broad SMARTS) is 1. The van der Waals surface area contributed by atoms with Crippen LogP contribution in [0.25, 0.3) is 0 Å². The van der Waals surface area contributed by atoms with E-state index in [1.807, 2.05) is 31.2 Å². The van der Waals surface area contributed by atoms with Crippen molar-refractivity contribution in [2.75, 3.05) is 7.11 Å². The minimum atomic E-state index is -1.07. The lowest BCUT2D eigenvalue weighted by Crippen LogP contribution is -2.46. The highest BCUT2D eigenvalue weighted by Crippen LogP contribution is 2.47. The standard InChI is InChI=1S/C21H27NO5/c1-12-7-6-10-15(11-12)18-16(21(26)27-3)13(2)17(20(24)25)22(18)19(23)14-8-4-5-9-14/h6-7,10-11,13-14,16-18H,4-5,8-9H2,1-3H3,(H,24,25). The average Bonchev–Trinajstić information content (AvgIpc) is 3.26. The Morgan fingerprint density at radius 1 is 1.19 bits per heavy atom. The van der Waals surface area contributed by atoms with Crippen LogP contribution in [0.15, 0.2) is 24.3 Å². The van der Waals surface area contributed by atoms with E-state index in [2.05, 4.69) is 0 Å². The second kappa shape index (κ2) is 7.71. The second-order valence-electron chi connectivity index (χ2n) is 7.78. The van der Waals surface area contributed by atoms with E-state index in [1.165, 1.54) is 12.0 Å². The van der Waals surface area contributed by atoms with Gasteiger partial charge in [-0.05, 0) is 25.3 Å². The van der Waals surface area contributed by atoms with Crippen molar-refractivity contribution in [2.45, 2.75) is 51.6 Å². The number of hydrogen-bond acceptors (Lipinski definition) is 4. The largest absolute Gasteiger partial charge is 0.480 e. The number of aryl methyl sites for hydroxylation is 1. The Labute approximate surface area is 159 Å². The van der Waals surface area contributed by atoms with Gasteiger partial charge in [0.25, 0.3) is 0 Å². The van der Waals surface area contributed by atoms with E-state index < -0.39 is 35.9 Å². The predicted molar refractivity (Wildman–Crippen MR) is 98.8 cm³/mol. The molecule has 1 aliphatic heterocycles. The molecular weight excluding hydrogens is 346 g/mol. The first-order valence-electron chi connectivity index (χ1n) is 9.56. The Kier molecular flexibility index (Phi) is 5.53. The van der Waals surface area contributed by atoms with Gasteiger partial charge in [0.2, 0.25) is 5.91 Å². The van der Waals surface area contributed by atoms with Crippen molar-refractivity contribution in [3.05, 3.63) is 35.4 Å². The number of nitrogens with zero attached hydrogens (tertiary/aromatic N) is 1. The number of rotatable bonds is 4. The van der Waals surface area contributed by atoms with E-state index in [0.29, 0.717) is 0 Å². The lowest BCUT2D eigenvalue weighted by atomic mass is 9.85. The Balaban J connectivity index is 2.11. The number of esters is 1. The molecule has 0 bridgehead atoms. The maximum atomic E-state index is 13.3. The van der Waals surface area contributed by atoms with Crippen LogP contribution >= 0.6 is 0 Å². The fraction of sp³-hybridized carbons (Fsp3) is 0.571. The first kappa shape index (κ1) is 19.4. The Morgan fingerprint density at radius 2 is 1.85 bits per heavy atom. The molecular formula is C21H27NO5. The number of ether oxygens (including phenoxy) is 1. The van der Waals surface area contributed by atoms with Gasteiger partial charge in [0.1, 0.15) is 6.04 Å². The normalized spacial score (nSPS) is 28.3. The van der Waals surface area contributed by atoms with Gasteiger partial charge in [-0.15, -0.1) is 0 Å². The lowest BCUT2D eigenvalue weighted by molar-refractivity contribution is -0.153. The molecule has 6 nitrogen and oxygen atoms in total. The van der Waals surface area contributed by atoms with Crippen LogP contribution in [0.2, 0.25) is 0 Å². The van der Waals surface area contributed by atoms with Crippen LogP contribution in [0.4, 0.5) is 0 Å². The maximum Gasteiger partial charge on any atom is 0.326 e. The highest BCUT2D eigenvalue weighted by Gasteiger charge is 2.56. The van der Waals surface area contributed by atoms with Crippen LogP contribution < -0.4 is 0 Å². The van der Waals surface area contributed by atoms with Crippen molar-refractivity contribution in [1.29, 1.82) is 0 Å². The number of carbonyl (C=O) groups is 3. The van der Waals surface area contributed by atoms with Crippen LogP contribution in [-0.2, 0) is 19.1 Å². The zero-order valence-electron chi connectivity index (χ0n) is 16.1. The molecule has 4 unspecified atom stereocenters. The molecule has 2 fully saturated rings. The summed E-state index contributed by atoms with van der Waals surface area (Å²) in [6.07, 6.45) is 3.51. The van der Waals surface area contributed by atoms with Crippen LogP contribution in [-0.4, -0.2) is 41.0 Å². The summed E-state index contributed by atoms with van der Waals surface area (Å²) < 4.78 is 5.00. The highest BCUT2D eigenvalue weighted by atomic mass is 16.5. The van der Waals surface area contributed by atoms with Gasteiger partial charge >= 0.3 is 11.9 Å². The van der Waals surface area contributed by atoms with E-state index in [9.17, 15) is 19.5 Å². The van der Waals surface area contributed by atoms with Gasteiger partial charge in [0, 0.05) is 11.8 Å². The van der Waals surface area contributed by atoms with Crippen LogP contribution in [0, 0.1) is 24.7 Å². The third kappa shape index (κ3) is 3.45. The fourth-order valence-corrected chi connectivity index (χ4v) is 4.79. The molecule has 6 heteroatoms. The minimum Gasteiger partial charge on any atom is -0.480 e. The molecule has 1 aromatic rings. The zero-order chi connectivity index (χ0) is 19.7. The molecule has 1 N–H and O–H groups in total. The van der Waals surface area contributed by atoms with Gasteiger partial charge < -0.3 is 14.7 Å². The zero-order valence-corrected chi connectivity index (χ0v) is 16.1. The summed E-state index contributed by atoms with van der Waals surface area (Å²) in [5.41, 5.74) is 1.78. The molecule has 146 valence electrons. The van der Waals surface area contributed by atoms with Crippen molar-refractivity contribution in [1.82, 2.24) is 4.90 Å². The molecule has 1 amide bonds. The Morgan fingerprint density at radius 3 is 2.41 bits per heavy atom. The third-order valence-corrected chi connectivity index (χ3v) is 6.07. The van der Waals surface area contributed by atoms with E-state index in [1.54, 1.807) is 6.92 Å². The molecule has 1 saturated heterocycles. The average molecular weight is 373 g/mol. The van der Waals surface area contributed by atoms with Crippen LogP contribution in [0.3, 0.4) is 0 Å². The van der Waals surface area contributed by atoms with Crippen molar-refractivity contribution in [3.8, 4) is 0 Å². The molecule has 1 aliphatic carbocycles. The van der Waals surface area contributed by atoms with Gasteiger partial charge in [-0.2, -0.15) is 0 Å². The SMILES string of the molecule is COC(=O)C1C(C)C(C(=O)O)N(C(=O)C2CCCC2)C1c1cccc(C)c1. The molecule has 3 rings (SSSR count). The van der Waals surface area contributed by atoms with E-state index in [4.69, 9.17) is 4.74 Å². The minimum absolute atomic E-state index is 0.148. The number of carboxylic acids is 1. The summed E-state index contributed by atoms with van der Waals surface area (Å²) in [4.78, 5) is 39.5. The molecule has 0 radical (unpaired) electrons. The first-order valence-corrected chi connectivity index (χ1v) is 9.56. The topological polar surface area (TPSA) is 83.9 Å². The summed E-state index contributed by atoms with van der Waals surface area (Å²) in [6, 6.07) is 5.93. The summed E-state index contributed by atoms with van der Waals surface area (Å²) in [5.74, 6) is -3.10. The van der Waals surface area contributed by atoms with Crippen LogP contribution in [0.5, 0.6) is 0 Å². The number of benzene rings is 1. The van der Waals surface area contributed by atoms with Gasteiger partial charge in [-0.3, -0.25) is 9.59 Å². The van der Waals surface area contributed by atoms with Crippen LogP contribution in [0.1, 0.15) is 49.8 Å². The molecule has 1 saturated carbocycles. The molecule has 2 aliphatic rings. The molecule has 0 aromatic heterocycles. The number of hydrogen-bond donors (Lipinski definition) is 1. The predicted octanol–water partition coefficient (Wildman–Crippen LogP) is 2.95. The van der Waals surface area contributed by atoms with Crippen molar-refractivity contribution in [3.63, 3.8) is 0 Å². The number of methoxy groups -OCH3 is 1. The van der Waals surface area contributed by atoms with E-state index >= 15 is 0 Å². The summed E-state index contributed by atoms with van der Waals surface area (Å²) in [5, 5.41) is 9.89. The van der Waals surface area contributed by atoms with Gasteiger partial charge in [0.15, 0.2) is 0 Å². The summed E-state index contributed by atoms with van der Waals surface area (Å²) in [6.45, 7) is 3.66. The summed E-state index contributed by atoms with van der Waals surface area (Å²) >= 11 is 0. The highest BCUT2D eigenvalue weighted by molar-refractivity contribution is 5.89. The van der Waals surface area contributed by atoms with Gasteiger partial charge in [-0.1, -0.05) is 49.6 Å². The van der Waals surface area contributed by atoms with Crippen molar-refractivity contribution < 1.29 is 24.2 Å². The second-order valence-corrected chi connectivity index (χ2v) is 7.78. The Hall–Kier alpha value is -2.37. The lowest BCUT2D eigenvalue weighted by Gasteiger charge is -2.32. The Bertz CT molecular complexity index is 740. The van der Waals surface area contributed by atoms with Gasteiger partial charge in [-0.25, -0.2) is 4.79 Å². The molecule has 1 heterocycles. The number of likely N-dealkylation sites (tertiary alicyclic amines) is 1. The smallest absolute Gasteiger partial charge is 0.326 e. The fourth-order valence-electron chi connectivity index (χ4n) is 4.79. The van der Waals surface area contributed by atoms with Crippen molar-refractivity contribution >= 4 is 17.8 Å².